The molecule has 0 aliphatic carbocycles. The molecule has 3 N–H and O–H groups in total. The zero-order chi connectivity index (χ0) is 13.1. The number of rotatable bonds is 4. The minimum absolute atomic E-state index is 0.0217. The number of anilines is 1. The molecule has 0 aromatic heterocycles. The van der Waals surface area contributed by atoms with Gasteiger partial charge in [-0.05, 0) is 25.0 Å². The lowest BCUT2D eigenvalue weighted by Crippen LogP contribution is -2.33. The maximum Gasteiger partial charge on any atom is 0.320 e. The number of hydrogen-bond donors (Lipinski definition) is 2. The Kier molecular flexibility index (Phi) is 3.81. The van der Waals surface area contributed by atoms with Gasteiger partial charge in [0.25, 0.3) is 0 Å². The number of nitrogens with zero attached hydrogens (tertiary/aromatic N) is 1. The standard InChI is InChI=1S/C13H17FN2O2/c14-10-4-3-5-12(16-6-1-2-7-16)9(10)8-11(15)13(17)18/h3-5,11H,1-2,6-8,15H2,(H,17,18). The van der Waals surface area contributed by atoms with Crippen LogP contribution in [0.4, 0.5) is 10.1 Å². The van der Waals surface area contributed by atoms with E-state index in [9.17, 15) is 9.18 Å². The van der Waals surface area contributed by atoms with E-state index in [1.165, 1.54) is 6.07 Å². The van der Waals surface area contributed by atoms with Crippen molar-refractivity contribution in [3.63, 3.8) is 0 Å². The third-order valence-corrected chi connectivity index (χ3v) is 3.28. The van der Waals surface area contributed by atoms with Gasteiger partial charge in [-0.1, -0.05) is 6.07 Å². The molecule has 1 aromatic rings. The highest BCUT2D eigenvalue weighted by atomic mass is 19.1. The molecule has 0 amide bonds. The lowest BCUT2D eigenvalue weighted by molar-refractivity contribution is -0.138. The second-order valence-electron chi connectivity index (χ2n) is 4.58. The van der Waals surface area contributed by atoms with Crippen molar-refractivity contribution >= 4 is 11.7 Å². The van der Waals surface area contributed by atoms with E-state index < -0.39 is 12.0 Å². The maximum absolute atomic E-state index is 13.9. The van der Waals surface area contributed by atoms with Gasteiger partial charge >= 0.3 is 5.97 Å². The maximum atomic E-state index is 13.9. The third-order valence-electron chi connectivity index (χ3n) is 3.28. The highest BCUT2D eigenvalue weighted by Crippen LogP contribution is 2.27. The first-order chi connectivity index (χ1) is 8.59. The fraction of sp³-hybridized carbons (Fsp3) is 0.462. The van der Waals surface area contributed by atoms with Gasteiger partial charge in [0, 0.05) is 30.8 Å². The Hall–Kier alpha value is -1.62. The fourth-order valence-corrected chi connectivity index (χ4v) is 2.31. The molecule has 0 saturated carbocycles. The number of carboxylic acids is 1. The smallest absolute Gasteiger partial charge is 0.320 e. The van der Waals surface area contributed by atoms with Crippen LogP contribution < -0.4 is 10.6 Å². The van der Waals surface area contributed by atoms with Crippen LogP contribution in [-0.4, -0.2) is 30.2 Å². The lowest BCUT2D eigenvalue weighted by atomic mass is 10.0. The van der Waals surface area contributed by atoms with E-state index in [-0.39, 0.29) is 12.2 Å². The van der Waals surface area contributed by atoms with Crippen molar-refractivity contribution in [1.29, 1.82) is 0 Å². The summed E-state index contributed by atoms with van der Waals surface area (Å²) < 4.78 is 13.9. The van der Waals surface area contributed by atoms with E-state index in [1.807, 2.05) is 6.07 Å². The van der Waals surface area contributed by atoms with Crippen molar-refractivity contribution in [3.05, 3.63) is 29.6 Å². The number of benzene rings is 1. The Morgan fingerprint density at radius 1 is 1.44 bits per heavy atom. The topological polar surface area (TPSA) is 66.6 Å². The van der Waals surface area contributed by atoms with Crippen molar-refractivity contribution in [2.75, 3.05) is 18.0 Å². The van der Waals surface area contributed by atoms with Crippen LogP contribution in [0.15, 0.2) is 18.2 Å². The quantitative estimate of drug-likeness (QED) is 0.849. The summed E-state index contributed by atoms with van der Waals surface area (Å²) >= 11 is 0. The minimum atomic E-state index is -1.11. The molecule has 0 radical (unpaired) electrons. The third kappa shape index (κ3) is 2.61. The second-order valence-corrected chi connectivity index (χ2v) is 4.58. The van der Waals surface area contributed by atoms with Gasteiger partial charge in [-0.3, -0.25) is 4.79 Å². The number of nitrogens with two attached hydrogens (primary N) is 1. The van der Waals surface area contributed by atoms with Crippen LogP contribution in [0, 0.1) is 5.82 Å². The fourth-order valence-electron chi connectivity index (χ4n) is 2.31. The van der Waals surface area contributed by atoms with Gasteiger partial charge in [-0.25, -0.2) is 4.39 Å². The molecule has 98 valence electrons. The van der Waals surface area contributed by atoms with Crippen LogP contribution in [0.1, 0.15) is 18.4 Å². The zero-order valence-corrected chi connectivity index (χ0v) is 10.1. The van der Waals surface area contributed by atoms with Crippen molar-refractivity contribution in [2.24, 2.45) is 5.73 Å². The number of carbonyl (C=O) groups is 1. The summed E-state index contributed by atoms with van der Waals surface area (Å²) in [6.07, 6.45) is 2.19. The van der Waals surface area contributed by atoms with Crippen molar-refractivity contribution in [1.82, 2.24) is 0 Å². The van der Waals surface area contributed by atoms with Gasteiger partial charge in [0.05, 0.1) is 0 Å². The number of hydrogen-bond acceptors (Lipinski definition) is 3. The van der Waals surface area contributed by atoms with Gasteiger partial charge in [-0.2, -0.15) is 0 Å². The average Bonchev–Trinajstić information content (AvgIpc) is 2.85. The summed E-state index contributed by atoms with van der Waals surface area (Å²) in [5.41, 5.74) is 6.69. The average molecular weight is 252 g/mol. The highest BCUT2D eigenvalue weighted by Gasteiger charge is 2.21. The van der Waals surface area contributed by atoms with Crippen molar-refractivity contribution in [2.45, 2.75) is 25.3 Å². The van der Waals surface area contributed by atoms with Crippen LogP contribution in [0.25, 0.3) is 0 Å². The summed E-state index contributed by atoms with van der Waals surface area (Å²) in [7, 11) is 0. The summed E-state index contributed by atoms with van der Waals surface area (Å²) in [5.74, 6) is -1.48. The molecule has 1 fully saturated rings. The second kappa shape index (κ2) is 5.35. The lowest BCUT2D eigenvalue weighted by Gasteiger charge is -2.22. The Balaban J connectivity index is 2.28. The monoisotopic (exact) mass is 252 g/mol. The van der Waals surface area contributed by atoms with Crippen LogP contribution in [0.2, 0.25) is 0 Å². The zero-order valence-electron chi connectivity index (χ0n) is 10.1. The Labute approximate surface area is 105 Å². The number of aliphatic carboxylic acids is 1. The van der Waals surface area contributed by atoms with E-state index in [1.54, 1.807) is 6.07 Å². The Morgan fingerprint density at radius 2 is 2.11 bits per heavy atom. The van der Waals surface area contributed by atoms with Crippen LogP contribution in [0.5, 0.6) is 0 Å². The molecule has 0 bridgehead atoms. The summed E-state index contributed by atoms with van der Waals surface area (Å²) in [5, 5.41) is 8.83. The first-order valence-corrected chi connectivity index (χ1v) is 6.10. The normalized spacial score (nSPS) is 16.9. The van der Waals surface area contributed by atoms with E-state index in [2.05, 4.69) is 4.90 Å². The molecule has 1 aliphatic heterocycles. The molecule has 1 saturated heterocycles. The molecule has 4 nitrogen and oxygen atoms in total. The predicted molar refractivity (Wildman–Crippen MR) is 67.2 cm³/mol. The van der Waals surface area contributed by atoms with Crippen molar-refractivity contribution in [3.8, 4) is 0 Å². The number of halogens is 1. The molecule has 1 heterocycles. The first-order valence-electron chi connectivity index (χ1n) is 6.10. The summed E-state index contributed by atoms with van der Waals surface area (Å²) in [6.45, 7) is 1.78. The minimum Gasteiger partial charge on any atom is -0.480 e. The van der Waals surface area contributed by atoms with Gasteiger partial charge < -0.3 is 15.7 Å². The Bertz CT molecular complexity index is 445. The molecule has 1 aromatic carbocycles. The molecular formula is C13H17FN2O2. The van der Waals surface area contributed by atoms with E-state index in [0.29, 0.717) is 5.56 Å². The van der Waals surface area contributed by atoms with E-state index >= 15 is 0 Å². The van der Waals surface area contributed by atoms with Crippen molar-refractivity contribution < 1.29 is 14.3 Å². The molecular weight excluding hydrogens is 235 g/mol. The van der Waals surface area contributed by atoms with E-state index in [4.69, 9.17) is 10.8 Å². The summed E-state index contributed by atoms with van der Waals surface area (Å²) in [6, 6.07) is 3.77. The number of carboxylic acid groups (broad SMARTS) is 1. The van der Waals surface area contributed by atoms with Gasteiger partial charge in [0.1, 0.15) is 11.9 Å². The van der Waals surface area contributed by atoms with Gasteiger partial charge in [0.15, 0.2) is 0 Å². The van der Waals surface area contributed by atoms with Gasteiger partial charge in [0.2, 0.25) is 0 Å². The SMILES string of the molecule is NC(Cc1c(F)cccc1N1CCCC1)C(=O)O. The molecule has 18 heavy (non-hydrogen) atoms. The molecule has 1 atom stereocenters. The largest absolute Gasteiger partial charge is 0.480 e. The van der Waals surface area contributed by atoms with Crippen LogP contribution in [-0.2, 0) is 11.2 Å². The van der Waals surface area contributed by atoms with Gasteiger partial charge in [-0.15, -0.1) is 0 Å². The summed E-state index contributed by atoms with van der Waals surface area (Å²) in [4.78, 5) is 12.9. The molecule has 1 unspecified atom stereocenters. The van der Waals surface area contributed by atoms with Crippen LogP contribution in [0.3, 0.4) is 0 Å². The Morgan fingerprint density at radius 3 is 2.72 bits per heavy atom. The molecule has 2 rings (SSSR count). The molecule has 0 spiro atoms. The van der Waals surface area contributed by atoms with E-state index in [0.717, 1.165) is 31.6 Å². The molecule has 1 aliphatic rings. The van der Waals surface area contributed by atoms with Crippen LogP contribution >= 0.6 is 0 Å². The highest BCUT2D eigenvalue weighted by molar-refractivity contribution is 5.74. The molecule has 5 heteroatoms. The first kappa shape index (κ1) is 12.8. The predicted octanol–water partition coefficient (Wildman–Crippen LogP) is 1.38.